The van der Waals surface area contributed by atoms with Crippen LogP contribution in [0, 0.1) is 71.0 Å². The molecule has 6 aliphatic carbocycles. The smallest absolute Gasteiger partial charge is 0.462 e. The number of Topliss-reactive ketones (excluding diaryl/α,β-unsaturated/α-hetero) is 2. The predicted molar refractivity (Wildman–Crippen MR) is 484 cm³/mol. The number of benzene rings is 2. The van der Waals surface area contributed by atoms with Gasteiger partial charge in [-0.3, -0.25) is 19.2 Å². The van der Waals surface area contributed by atoms with Crippen LogP contribution < -0.4 is 15.7 Å². The van der Waals surface area contributed by atoms with Crippen molar-refractivity contribution in [2.75, 3.05) is 75.7 Å². The molecule has 0 amide bonds. The van der Waals surface area contributed by atoms with Crippen LogP contribution in [0.1, 0.15) is 178 Å². The molecule has 12 fully saturated rings. The van der Waals surface area contributed by atoms with Gasteiger partial charge in [-0.1, -0.05) is 65.5 Å². The molecule has 5 N–H and O–H groups in total. The van der Waals surface area contributed by atoms with Crippen molar-refractivity contribution in [2.24, 2.45) is 71.0 Å². The average molecular weight is 1790 g/mol. The van der Waals surface area contributed by atoms with Gasteiger partial charge in [0.15, 0.2) is 36.7 Å². The molecular weight excluding hydrogens is 1640 g/mol. The number of hydrogen-bond acceptors (Lipinski definition) is 26. The Kier molecular flexibility index (Phi) is 31.6. The first kappa shape index (κ1) is 96.9. The monoisotopic (exact) mass is 1790 g/mol. The highest BCUT2D eigenvalue weighted by molar-refractivity contribution is 6.58. The summed E-state index contributed by atoms with van der Waals surface area (Å²) in [7, 11) is 17.0. The van der Waals surface area contributed by atoms with Gasteiger partial charge in [0, 0.05) is 120 Å². The van der Waals surface area contributed by atoms with E-state index in [4.69, 9.17) is 85.8 Å². The van der Waals surface area contributed by atoms with Crippen LogP contribution in [0.15, 0.2) is 84.2 Å². The molecule has 38 atom stereocenters. The van der Waals surface area contributed by atoms with Crippen molar-refractivity contribution in [3.05, 3.63) is 84.2 Å². The number of nitrogens with one attached hydrogen (secondary N) is 3. The lowest BCUT2D eigenvalue weighted by molar-refractivity contribution is -0.314. The number of ether oxygens (including phenoxy) is 16. The average Bonchev–Trinajstić information content (AvgIpc) is 1.51. The minimum atomic E-state index is -1.39. The van der Waals surface area contributed by atoms with Gasteiger partial charge in [-0.15, -0.1) is 0 Å². The zero-order valence-corrected chi connectivity index (χ0v) is 78.1. The number of cyclic esters (lactones) is 2. The fraction of sp³-hybridized carbons (Fsp3) is 0.758. The molecule has 128 heavy (non-hydrogen) atoms. The summed E-state index contributed by atoms with van der Waals surface area (Å²) in [6.07, 6.45) is 16.2. The van der Waals surface area contributed by atoms with Crippen molar-refractivity contribution in [2.45, 2.75) is 337 Å². The van der Waals surface area contributed by atoms with Crippen molar-refractivity contribution in [3.8, 4) is 0 Å². The first-order valence-electron chi connectivity index (χ1n) is 47.9. The molecule has 710 valence electrons. The van der Waals surface area contributed by atoms with E-state index in [2.05, 4.69) is 122 Å². The fourth-order valence-corrected chi connectivity index (χ4v) is 25.9. The largest absolute Gasteiger partial charge is 0.488 e. The van der Waals surface area contributed by atoms with Gasteiger partial charge in [0.1, 0.15) is 48.8 Å². The number of H-pyrrole nitrogens is 2. The van der Waals surface area contributed by atoms with E-state index in [0.29, 0.717) is 54.2 Å². The number of ketones is 2. The normalized spacial score (nSPS) is 42.3. The number of methoxy groups -OCH3 is 6. The third-order valence-corrected chi connectivity index (χ3v) is 32.3. The molecular formula is C99H149BN6O22. The van der Waals surface area contributed by atoms with E-state index in [1.165, 1.54) is 5.39 Å². The molecule has 0 spiro atoms. The number of rotatable bonds is 20. The summed E-state index contributed by atoms with van der Waals surface area (Å²) in [6, 6.07) is 17.6. The standard InChI is InChI=1S/C49H71N3O10.C41H66N2O10.C8H8BNO2.CH4/c1-10-30-12-11-13-39(62-41-17-16-38(51(5)6)26(3)58-41)25(2)45(54)36-23-33-32-21-31(61-49-48(57-9)47(56-8)46(55-7)27(4)59-49)22-35(32)43-44(42(33)34(36)24-40(53)60-30)52(43)29-15-14-28-18-19-50-37(28)20-29;1-10-23-12-11-13-31(53-33-15-14-30(43(5)6)21(3)49-33)20(2)37(45)29-18-26-25-16-24(52-41-40(48-9)39(47-8)38(46-7)22(4)50-41)17-28(25)35-36(42-35)34(26)27(29)19-32(44)51-23;11-9(12)7-2-1-6-3-4-10-8(6)5-7;/h14-15,18-20,23,25-27,30-35,38-39,41-44,46-50H,10-13,16-17,21-22,24H2,1-9H3;18,20-28,30-31,33-36,38-42H,10-17,19H2,1-9H3;1-5,10-12H;1H4/t25-,26?,27?,30+,31+,32+,33+,34-,35-,38+,39+,41+,42-,43+,44-,46+,47?,48+,49+,52?;20-,21?,22?,23+,24+,25+,26+,27-,28-,30+,31+,33+,34-,35+,36-,38+,39?,40+,41+;;/m11../s1. The maximum absolute atomic E-state index is 15.2. The highest BCUT2D eigenvalue weighted by Crippen LogP contribution is 2.66. The Balaban J connectivity index is 0.000000174. The first-order valence-corrected chi connectivity index (χ1v) is 47.9. The summed E-state index contributed by atoms with van der Waals surface area (Å²) in [5.74, 6) is 0.340. The molecule has 28 nitrogen and oxygen atoms in total. The maximum atomic E-state index is 15.2. The van der Waals surface area contributed by atoms with Gasteiger partial charge >= 0.3 is 19.1 Å². The highest BCUT2D eigenvalue weighted by atomic mass is 16.7. The molecule has 8 saturated heterocycles. The Bertz CT molecular complexity index is 4450. The van der Waals surface area contributed by atoms with E-state index in [1.807, 2.05) is 52.2 Å². The second-order valence-corrected chi connectivity index (χ2v) is 39.8. The zero-order chi connectivity index (χ0) is 89.8. The van der Waals surface area contributed by atoms with Gasteiger partial charge < -0.3 is 116 Å². The van der Waals surface area contributed by atoms with Crippen LogP contribution in [-0.4, -0.2) is 290 Å². The number of carbonyl (C=O) groups excluding carboxylic acids is 4. The van der Waals surface area contributed by atoms with E-state index < -0.39 is 37.8 Å². The third-order valence-electron chi connectivity index (χ3n) is 32.3. The van der Waals surface area contributed by atoms with E-state index >= 15 is 4.79 Å². The Morgan fingerprint density at radius 1 is 0.477 bits per heavy atom. The van der Waals surface area contributed by atoms with Crippen molar-refractivity contribution in [1.82, 2.24) is 25.1 Å². The van der Waals surface area contributed by atoms with Gasteiger partial charge in [-0.25, -0.2) is 0 Å². The molecule has 4 aromatic rings. The quantitative estimate of drug-likeness (QED) is 0.0312. The van der Waals surface area contributed by atoms with Crippen LogP contribution in [0.4, 0.5) is 5.69 Å². The van der Waals surface area contributed by atoms with Gasteiger partial charge in [-0.2, -0.15) is 0 Å². The Labute approximate surface area is 758 Å². The van der Waals surface area contributed by atoms with Crippen LogP contribution in [0.25, 0.3) is 21.8 Å². The van der Waals surface area contributed by atoms with Gasteiger partial charge in [0.25, 0.3) is 0 Å². The van der Waals surface area contributed by atoms with Crippen molar-refractivity contribution in [1.29, 1.82) is 0 Å². The van der Waals surface area contributed by atoms with Gasteiger partial charge in [0.2, 0.25) is 0 Å². The van der Waals surface area contributed by atoms with Crippen molar-refractivity contribution < 1.29 is 105 Å². The van der Waals surface area contributed by atoms with Crippen LogP contribution in [-0.2, 0) is 95.0 Å². The molecule has 10 heterocycles. The number of fused-ring (bicyclic) bond motifs is 18. The highest BCUT2D eigenvalue weighted by Gasteiger charge is 2.70. The summed E-state index contributed by atoms with van der Waals surface area (Å²) in [5, 5.41) is 23.8. The number of aromatic nitrogens is 2. The van der Waals surface area contributed by atoms with E-state index in [9.17, 15) is 14.4 Å². The van der Waals surface area contributed by atoms with E-state index in [-0.39, 0.29) is 207 Å². The Hall–Kier alpha value is -5.62. The van der Waals surface area contributed by atoms with Crippen LogP contribution in [0.3, 0.4) is 0 Å². The summed E-state index contributed by atoms with van der Waals surface area (Å²) in [6.45, 7) is 16.5. The van der Waals surface area contributed by atoms with E-state index in [1.54, 1.807) is 54.8 Å². The van der Waals surface area contributed by atoms with Gasteiger partial charge in [-0.05, 0) is 264 Å². The second kappa shape index (κ2) is 41.7. The number of aromatic amines is 2. The number of hydrogen-bond donors (Lipinski definition) is 5. The number of allylic oxidation sites excluding steroid dienone is 4. The molecule has 2 aromatic heterocycles. The molecule has 29 heteroatoms. The molecule has 0 radical (unpaired) electrons. The molecule has 14 aliphatic rings. The molecule has 2 aromatic carbocycles. The van der Waals surface area contributed by atoms with Gasteiger partial charge in [0.05, 0.1) is 73.8 Å². The second-order valence-electron chi connectivity index (χ2n) is 39.8. The number of esters is 2. The lowest BCUT2D eigenvalue weighted by Gasteiger charge is -2.44. The summed E-state index contributed by atoms with van der Waals surface area (Å²) in [5.41, 5.74) is 5.26. The molecule has 4 saturated carbocycles. The minimum Gasteiger partial charge on any atom is -0.462 e. The summed E-state index contributed by atoms with van der Waals surface area (Å²) in [4.78, 5) is 71.2. The predicted octanol–water partition coefficient (Wildman–Crippen LogP) is 11.4. The number of nitrogens with zero attached hydrogens (tertiary/aromatic N) is 3. The molecule has 0 bridgehead atoms. The van der Waals surface area contributed by atoms with E-state index in [0.717, 1.165) is 123 Å². The number of likely N-dealkylation sites (N-methyl/N-ethyl adjacent to an activating group) is 2. The summed E-state index contributed by atoms with van der Waals surface area (Å²) < 4.78 is 101. The first-order chi connectivity index (χ1) is 61.2. The Morgan fingerprint density at radius 3 is 1.38 bits per heavy atom. The lowest BCUT2D eigenvalue weighted by atomic mass is 9.66. The molecule has 6 unspecified atom stereocenters. The zero-order valence-electron chi connectivity index (χ0n) is 78.1. The van der Waals surface area contributed by atoms with Crippen molar-refractivity contribution >= 4 is 63.6 Å². The SMILES string of the molecule is C.CC[C@H]1CCC[C@H](O[C@H]2CC[C@H](N(C)C)C(C)O2)[C@@H](C)C(=O)C2=C[C@H]3[C@@H]4C[C@H](O[C@@H]5OC(C)[C@H](OC)C(OC)[C@@H]5OC)C[C@H]4[C@@H]4N[C@@H]4[C@H]3[C@@H]2CC(=O)O1.CC[C@H]1CCC[C@H](O[C@H]2CC[C@H](N(C)C)C(C)O2)[C@@H](C)C(=O)C2=C[C@H]3[C@@H]4C[C@H](O[C@@H]5OC(C)[C@H](OC)C(OC)[C@@H]5OC)C[C@H]4[C@H]4[C@@H]([C@H]3[C@@H]2CC(=O)O1)N4c1ccc2cc[nH]c2c1.OB(O)c1ccc2cc[nH]c2c1. The summed E-state index contributed by atoms with van der Waals surface area (Å²) >= 11 is 0. The third kappa shape index (κ3) is 19.8. The fourth-order valence-electron chi connectivity index (χ4n) is 25.9. The number of carbonyl (C=O) groups is 4. The molecule has 8 aliphatic heterocycles. The molecule has 18 rings (SSSR count). The minimum absolute atomic E-state index is 0. The number of anilines is 1. The van der Waals surface area contributed by atoms with Crippen LogP contribution in [0.2, 0.25) is 0 Å². The topological polar surface area (TPSA) is 319 Å². The van der Waals surface area contributed by atoms with Crippen LogP contribution in [0.5, 0.6) is 0 Å². The van der Waals surface area contributed by atoms with Crippen molar-refractivity contribution in [3.63, 3.8) is 0 Å². The van der Waals surface area contributed by atoms with Crippen LogP contribution >= 0.6 is 0 Å². The Morgan fingerprint density at radius 2 is 0.922 bits per heavy atom. The lowest BCUT2D eigenvalue weighted by Crippen LogP contribution is -2.59. The maximum Gasteiger partial charge on any atom is 0.488 e.